The van der Waals surface area contributed by atoms with Gasteiger partial charge in [0.05, 0.1) is 11.5 Å². The number of aryl methyl sites for hydroxylation is 1. The van der Waals surface area contributed by atoms with Crippen molar-refractivity contribution < 1.29 is 22.9 Å². The highest BCUT2D eigenvalue weighted by atomic mass is 19.4. The van der Waals surface area contributed by atoms with E-state index in [9.17, 15) is 28.1 Å². The summed E-state index contributed by atoms with van der Waals surface area (Å²) in [5.41, 5.74) is -1.16. The Hall–Kier alpha value is -3.77. The number of anilines is 1. The van der Waals surface area contributed by atoms with E-state index in [1.54, 1.807) is 0 Å². The van der Waals surface area contributed by atoms with E-state index < -0.39 is 34.9 Å². The van der Waals surface area contributed by atoms with Crippen molar-refractivity contribution in [2.24, 2.45) is 0 Å². The fourth-order valence-electron chi connectivity index (χ4n) is 2.71. The van der Waals surface area contributed by atoms with E-state index >= 15 is 0 Å². The van der Waals surface area contributed by atoms with Crippen LogP contribution in [0.3, 0.4) is 0 Å². The second-order valence-electron chi connectivity index (χ2n) is 6.49. The SMILES string of the molecule is Cc1ccc(Cn2cnc(NC(=O)Cn3nc(C(F)(F)F)c([N+](=O)[O-])c3C)n2)cc1. The average Bonchev–Trinajstić information content (AvgIpc) is 3.21. The van der Waals surface area contributed by atoms with Crippen LogP contribution in [0.4, 0.5) is 24.8 Å². The summed E-state index contributed by atoms with van der Waals surface area (Å²) in [4.78, 5) is 25.9. The number of hydrogen-bond donors (Lipinski definition) is 1. The number of rotatable bonds is 6. The van der Waals surface area contributed by atoms with E-state index in [0.29, 0.717) is 11.2 Å². The Bertz CT molecular complexity index is 1090. The zero-order chi connectivity index (χ0) is 22.1. The van der Waals surface area contributed by atoms with Gasteiger partial charge in [-0.2, -0.15) is 18.3 Å². The molecular formula is C17H16F3N7O3. The van der Waals surface area contributed by atoms with Crippen molar-refractivity contribution in [2.75, 3.05) is 5.32 Å². The van der Waals surface area contributed by atoms with Gasteiger partial charge in [0.15, 0.2) is 0 Å². The number of halogens is 3. The Labute approximate surface area is 167 Å². The number of hydrogen-bond acceptors (Lipinski definition) is 6. The molecule has 13 heteroatoms. The quantitative estimate of drug-likeness (QED) is 0.481. The Balaban J connectivity index is 1.70. The molecule has 3 rings (SSSR count). The van der Waals surface area contributed by atoms with Crippen molar-refractivity contribution in [3.8, 4) is 0 Å². The van der Waals surface area contributed by atoms with Gasteiger partial charge in [-0.15, -0.1) is 5.10 Å². The Morgan fingerprint density at radius 1 is 1.20 bits per heavy atom. The summed E-state index contributed by atoms with van der Waals surface area (Å²) in [6.45, 7) is 2.78. The molecule has 0 saturated carbocycles. The number of alkyl halides is 3. The number of nitrogens with zero attached hydrogens (tertiary/aromatic N) is 6. The summed E-state index contributed by atoms with van der Waals surface area (Å²) in [6, 6.07) is 7.72. The lowest BCUT2D eigenvalue weighted by atomic mass is 10.1. The molecule has 3 aromatic rings. The minimum atomic E-state index is -5.02. The van der Waals surface area contributed by atoms with Crippen LogP contribution in [0.2, 0.25) is 0 Å². The molecule has 0 saturated heterocycles. The van der Waals surface area contributed by atoms with E-state index in [1.807, 2.05) is 31.2 Å². The summed E-state index contributed by atoms with van der Waals surface area (Å²) in [7, 11) is 0. The topological polar surface area (TPSA) is 121 Å². The van der Waals surface area contributed by atoms with Gasteiger partial charge in [-0.1, -0.05) is 29.8 Å². The zero-order valence-corrected chi connectivity index (χ0v) is 15.8. The monoisotopic (exact) mass is 423 g/mol. The largest absolute Gasteiger partial charge is 0.442 e. The third-order valence-electron chi connectivity index (χ3n) is 4.17. The third-order valence-corrected chi connectivity index (χ3v) is 4.17. The standard InChI is InChI=1S/C17H16F3N7O3/c1-10-3-5-12(6-4-10)7-25-9-21-16(24-25)22-13(28)8-26-11(2)14(27(29)30)15(23-26)17(18,19)20/h3-6,9H,7-8H2,1-2H3,(H,22,24,28). The number of nitrogens with one attached hydrogen (secondary N) is 1. The molecule has 0 radical (unpaired) electrons. The van der Waals surface area contributed by atoms with Crippen LogP contribution in [0.15, 0.2) is 30.6 Å². The predicted molar refractivity (Wildman–Crippen MR) is 97.6 cm³/mol. The molecule has 1 N–H and O–H groups in total. The number of carbonyl (C=O) groups is 1. The lowest BCUT2D eigenvalue weighted by Gasteiger charge is -2.04. The van der Waals surface area contributed by atoms with Crippen LogP contribution in [0.1, 0.15) is 22.5 Å². The van der Waals surface area contributed by atoms with Gasteiger partial charge in [-0.3, -0.25) is 24.9 Å². The zero-order valence-electron chi connectivity index (χ0n) is 15.8. The summed E-state index contributed by atoms with van der Waals surface area (Å²) < 4.78 is 41.1. The van der Waals surface area contributed by atoms with Crippen LogP contribution in [-0.4, -0.2) is 35.4 Å². The molecule has 0 bridgehead atoms. The van der Waals surface area contributed by atoms with Crippen LogP contribution in [0.5, 0.6) is 0 Å². The molecule has 2 aromatic heterocycles. The molecule has 0 unspecified atom stereocenters. The van der Waals surface area contributed by atoms with Gasteiger partial charge in [-0.25, -0.2) is 9.67 Å². The second kappa shape index (κ2) is 7.93. The van der Waals surface area contributed by atoms with Crippen molar-refractivity contribution in [2.45, 2.75) is 33.1 Å². The smallest absolute Gasteiger partial charge is 0.292 e. The minimum absolute atomic E-state index is 0.0533. The summed E-state index contributed by atoms with van der Waals surface area (Å²) in [5, 5.41) is 20.6. The Morgan fingerprint density at radius 3 is 2.43 bits per heavy atom. The first-order valence-electron chi connectivity index (χ1n) is 8.58. The summed E-state index contributed by atoms with van der Waals surface area (Å²) in [5.74, 6) is -0.834. The highest BCUT2D eigenvalue weighted by Crippen LogP contribution is 2.36. The lowest BCUT2D eigenvalue weighted by Crippen LogP contribution is -2.21. The van der Waals surface area contributed by atoms with Crippen LogP contribution in [0, 0.1) is 24.0 Å². The van der Waals surface area contributed by atoms with Gasteiger partial charge in [-0.05, 0) is 19.4 Å². The van der Waals surface area contributed by atoms with Crippen molar-refractivity contribution >= 4 is 17.5 Å². The molecule has 2 heterocycles. The van der Waals surface area contributed by atoms with E-state index in [4.69, 9.17) is 0 Å². The number of benzene rings is 1. The van der Waals surface area contributed by atoms with Crippen molar-refractivity contribution in [1.82, 2.24) is 24.5 Å². The average molecular weight is 423 g/mol. The molecule has 10 nitrogen and oxygen atoms in total. The van der Waals surface area contributed by atoms with Crippen molar-refractivity contribution in [3.05, 3.63) is 63.2 Å². The van der Waals surface area contributed by atoms with Crippen molar-refractivity contribution in [1.29, 1.82) is 0 Å². The third kappa shape index (κ3) is 4.61. The first-order valence-corrected chi connectivity index (χ1v) is 8.58. The molecule has 0 aliphatic carbocycles. The number of carbonyl (C=O) groups excluding carboxylic acids is 1. The fraction of sp³-hybridized carbons (Fsp3) is 0.294. The predicted octanol–water partition coefficient (Wildman–Crippen LogP) is 2.71. The van der Waals surface area contributed by atoms with Gasteiger partial charge >= 0.3 is 11.9 Å². The fourth-order valence-corrected chi connectivity index (χ4v) is 2.71. The highest BCUT2D eigenvalue weighted by molar-refractivity contribution is 5.88. The van der Waals surface area contributed by atoms with Crippen LogP contribution < -0.4 is 5.32 Å². The lowest BCUT2D eigenvalue weighted by molar-refractivity contribution is -0.388. The molecule has 0 atom stereocenters. The van der Waals surface area contributed by atoms with Gasteiger partial charge in [0.25, 0.3) is 0 Å². The van der Waals surface area contributed by atoms with E-state index in [-0.39, 0.29) is 11.6 Å². The molecule has 158 valence electrons. The molecule has 0 fully saturated rings. The van der Waals surface area contributed by atoms with Gasteiger partial charge < -0.3 is 0 Å². The Morgan fingerprint density at radius 2 is 1.87 bits per heavy atom. The van der Waals surface area contributed by atoms with Crippen LogP contribution in [-0.2, 0) is 24.1 Å². The maximum atomic E-state index is 13.0. The van der Waals surface area contributed by atoms with Gasteiger partial charge in [0.1, 0.15) is 18.6 Å². The molecule has 0 spiro atoms. The molecular weight excluding hydrogens is 407 g/mol. The minimum Gasteiger partial charge on any atom is -0.292 e. The second-order valence-corrected chi connectivity index (χ2v) is 6.49. The maximum Gasteiger partial charge on any atom is 0.442 e. The van der Waals surface area contributed by atoms with Crippen molar-refractivity contribution in [3.63, 3.8) is 0 Å². The molecule has 1 amide bonds. The van der Waals surface area contributed by atoms with E-state index in [0.717, 1.165) is 18.1 Å². The highest BCUT2D eigenvalue weighted by Gasteiger charge is 2.44. The van der Waals surface area contributed by atoms with E-state index in [1.165, 1.54) is 11.0 Å². The van der Waals surface area contributed by atoms with Crippen LogP contribution in [0.25, 0.3) is 0 Å². The molecule has 0 aliphatic heterocycles. The van der Waals surface area contributed by atoms with Crippen LogP contribution >= 0.6 is 0 Å². The summed E-state index contributed by atoms with van der Waals surface area (Å²) >= 11 is 0. The molecule has 1 aromatic carbocycles. The number of nitro groups is 1. The molecule has 0 aliphatic rings. The van der Waals surface area contributed by atoms with Gasteiger partial charge in [0.2, 0.25) is 17.5 Å². The number of amides is 1. The first-order chi connectivity index (χ1) is 14.0. The first kappa shape index (κ1) is 21.0. The normalized spacial score (nSPS) is 11.5. The van der Waals surface area contributed by atoms with Gasteiger partial charge in [0, 0.05) is 0 Å². The Kier molecular flexibility index (Phi) is 5.54. The number of aromatic nitrogens is 5. The van der Waals surface area contributed by atoms with E-state index in [2.05, 4.69) is 20.5 Å². The molecule has 30 heavy (non-hydrogen) atoms. The summed E-state index contributed by atoms with van der Waals surface area (Å²) in [6.07, 6.45) is -3.63. The maximum absolute atomic E-state index is 13.0.